The molecule has 0 saturated heterocycles. The number of carbonyl (C=O) groups excluding carboxylic acids is 1. The molecule has 0 radical (unpaired) electrons. The Morgan fingerprint density at radius 2 is 2.18 bits per heavy atom. The third-order valence-corrected chi connectivity index (χ3v) is 2.50. The molecule has 0 bridgehead atoms. The molecule has 0 saturated carbocycles. The van der Waals surface area contributed by atoms with Gasteiger partial charge in [0.2, 0.25) is 5.91 Å². The monoisotopic (exact) mass is 257 g/mol. The third-order valence-electron chi connectivity index (χ3n) is 2.21. The first kappa shape index (κ1) is 13.8. The van der Waals surface area contributed by atoms with E-state index < -0.39 is 0 Å². The second kappa shape index (κ2) is 7.14. The van der Waals surface area contributed by atoms with Gasteiger partial charge in [-0.2, -0.15) is 0 Å². The minimum Gasteiger partial charge on any atom is -0.495 e. The van der Waals surface area contributed by atoms with E-state index in [4.69, 9.17) is 21.1 Å². The van der Waals surface area contributed by atoms with Crippen LogP contribution in [0.1, 0.15) is 5.56 Å². The van der Waals surface area contributed by atoms with Crippen molar-refractivity contribution in [3.63, 3.8) is 0 Å². The number of methoxy groups -OCH3 is 2. The van der Waals surface area contributed by atoms with Gasteiger partial charge in [-0.1, -0.05) is 17.7 Å². The minimum atomic E-state index is -0.0525. The molecule has 0 aliphatic heterocycles. The third kappa shape index (κ3) is 4.63. The molecule has 17 heavy (non-hydrogen) atoms. The average molecular weight is 258 g/mol. The van der Waals surface area contributed by atoms with Gasteiger partial charge < -0.3 is 14.8 Å². The summed E-state index contributed by atoms with van der Waals surface area (Å²) in [6, 6.07) is 5.30. The topological polar surface area (TPSA) is 47.6 Å². The summed E-state index contributed by atoms with van der Waals surface area (Å²) in [6.07, 6.45) is 0.299. The molecule has 0 fully saturated rings. The van der Waals surface area contributed by atoms with E-state index in [2.05, 4.69) is 5.32 Å². The van der Waals surface area contributed by atoms with E-state index in [0.29, 0.717) is 30.3 Å². The maximum absolute atomic E-state index is 11.5. The van der Waals surface area contributed by atoms with Crippen LogP contribution in [0.4, 0.5) is 0 Å². The minimum absolute atomic E-state index is 0.0525. The molecule has 0 spiro atoms. The second-order valence-electron chi connectivity index (χ2n) is 3.49. The van der Waals surface area contributed by atoms with Crippen molar-refractivity contribution in [3.05, 3.63) is 28.8 Å². The first-order valence-electron chi connectivity index (χ1n) is 5.25. The van der Waals surface area contributed by atoms with E-state index in [1.807, 2.05) is 6.07 Å². The Labute approximate surface area is 106 Å². The van der Waals surface area contributed by atoms with Gasteiger partial charge in [-0.3, -0.25) is 4.79 Å². The van der Waals surface area contributed by atoms with Crippen LogP contribution in [0.5, 0.6) is 5.75 Å². The van der Waals surface area contributed by atoms with E-state index >= 15 is 0 Å². The molecule has 1 amide bonds. The molecule has 0 atom stereocenters. The predicted octanol–water partition coefficient (Wildman–Crippen LogP) is 1.65. The molecule has 5 heteroatoms. The Bertz CT molecular complexity index is 382. The number of carbonyl (C=O) groups is 1. The SMILES string of the molecule is COCCNC(=O)Cc1ccc(OC)c(Cl)c1. The standard InChI is InChI=1S/C12H16ClNO3/c1-16-6-5-14-12(15)8-9-3-4-11(17-2)10(13)7-9/h3-4,7H,5-6,8H2,1-2H3,(H,14,15). The van der Waals surface area contributed by atoms with Crippen molar-refractivity contribution in [1.82, 2.24) is 5.32 Å². The number of benzene rings is 1. The lowest BCUT2D eigenvalue weighted by molar-refractivity contribution is -0.120. The summed E-state index contributed by atoms with van der Waals surface area (Å²) < 4.78 is 9.87. The lowest BCUT2D eigenvalue weighted by Gasteiger charge is -2.07. The van der Waals surface area contributed by atoms with E-state index in [-0.39, 0.29) is 5.91 Å². The second-order valence-corrected chi connectivity index (χ2v) is 3.90. The lowest BCUT2D eigenvalue weighted by atomic mass is 10.1. The molecule has 0 aliphatic carbocycles. The lowest BCUT2D eigenvalue weighted by Crippen LogP contribution is -2.28. The Morgan fingerprint density at radius 1 is 1.41 bits per heavy atom. The molecule has 0 aliphatic rings. The Hall–Kier alpha value is -1.26. The van der Waals surface area contributed by atoms with Crippen LogP contribution >= 0.6 is 11.6 Å². The van der Waals surface area contributed by atoms with Gasteiger partial charge in [0.25, 0.3) is 0 Å². The number of hydrogen-bond donors (Lipinski definition) is 1. The zero-order valence-electron chi connectivity index (χ0n) is 9.96. The Morgan fingerprint density at radius 3 is 2.76 bits per heavy atom. The van der Waals surface area contributed by atoms with E-state index in [9.17, 15) is 4.79 Å². The molecule has 4 nitrogen and oxygen atoms in total. The van der Waals surface area contributed by atoms with Crippen LogP contribution in [0.2, 0.25) is 5.02 Å². The highest BCUT2D eigenvalue weighted by atomic mass is 35.5. The number of rotatable bonds is 6. The molecule has 0 heterocycles. The maximum Gasteiger partial charge on any atom is 0.224 e. The van der Waals surface area contributed by atoms with Crippen molar-refractivity contribution in [2.24, 2.45) is 0 Å². The quantitative estimate of drug-likeness (QED) is 0.789. The Kier molecular flexibility index (Phi) is 5.80. The van der Waals surface area contributed by atoms with Crippen LogP contribution in [0.15, 0.2) is 18.2 Å². The maximum atomic E-state index is 11.5. The first-order valence-corrected chi connectivity index (χ1v) is 5.63. The molecule has 0 aromatic heterocycles. The Balaban J connectivity index is 2.51. The van der Waals surface area contributed by atoms with Gasteiger partial charge in [0, 0.05) is 13.7 Å². The van der Waals surface area contributed by atoms with Crippen LogP contribution < -0.4 is 10.1 Å². The smallest absolute Gasteiger partial charge is 0.224 e. The van der Waals surface area contributed by atoms with Gasteiger partial charge in [-0.05, 0) is 17.7 Å². The van der Waals surface area contributed by atoms with Crippen molar-refractivity contribution in [2.45, 2.75) is 6.42 Å². The van der Waals surface area contributed by atoms with Gasteiger partial charge in [0.05, 0.1) is 25.2 Å². The highest BCUT2D eigenvalue weighted by Crippen LogP contribution is 2.24. The molecular weight excluding hydrogens is 242 g/mol. The van der Waals surface area contributed by atoms with Crippen LogP contribution in [-0.2, 0) is 16.0 Å². The molecule has 94 valence electrons. The number of hydrogen-bond acceptors (Lipinski definition) is 3. The van der Waals surface area contributed by atoms with Crippen LogP contribution in [0, 0.1) is 0 Å². The van der Waals surface area contributed by atoms with Crippen LogP contribution in [0.3, 0.4) is 0 Å². The van der Waals surface area contributed by atoms with Crippen molar-refractivity contribution in [3.8, 4) is 5.75 Å². The number of amides is 1. The number of halogens is 1. The average Bonchev–Trinajstić information content (AvgIpc) is 2.29. The van der Waals surface area contributed by atoms with E-state index in [1.165, 1.54) is 0 Å². The normalized spacial score (nSPS) is 10.1. The van der Waals surface area contributed by atoms with Gasteiger partial charge in [0.1, 0.15) is 5.75 Å². The van der Waals surface area contributed by atoms with Gasteiger partial charge in [-0.25, -0.2) is 0 Å². The molecule has 1 aromatic carbocycles. The molecule has 1 N–H and O–H groups in total. The predicted molar refractivity (Wildman–Crippen MR) is 66.6 cm³/mol. The largest absolute Gasteiger partial charge is 0.495 e. The van der Waals surface area contributed by atoms with Crippen molar-refractivity contribution in [2.75, 3.05) is 27.4 Å². The van der Waals surface area contributed by atoms with Crippen molar-refractivity contribution >= 4 is 17.5 Å². The fourth-order valence-electron chi connectivity index (χ4n) is 1.36. The highest BCUT2D eigenvalue weighted by Gasteiger charge is 2.06. The van der Waals surface area contributed by atoms with Crippen LogP contribution in [0.25, 0.3) is 0 Å². The fraction of sp³-hybridized carbons (Fsp3) is 0.417. The first-order chi connectivity index (χ1) is 8.17. The van der Waals surface area contributed by atoms with Crippen molar-refractivity contribution in [1.29, 1.82) is 0 Å². The zero-order chi connectivity index (χ0) is 12.7. The highest BCUT2D eigenvalue weighted by molar-refractivity contribution is 6.32. The number of ether oxygens (including phenoxy) is 2. The van der Waals surface area contributed by atoms with Crippen molar-refractivity contribution < 1.29 is 14.3 Å². The zero-order valence-corrected chi connectivity index (χ0v) is 10.7. The van der Waals surface area contributed by atoms with Gasteiger partial charge in [-0.15, -0.1) is 0 Å². The molecule has 1 aromatic rings. The summed E-state index contributed by atoms with van der Waals surface area (Å²) in [5, 5.41) is 3.25. The summed E-state index contributed by atoms with van der Waals surface area (Å²) in [6.45, 7) is 1.02. The summed E-state index contributed by atoms with van der Waals surface area (Å²) in [7, 11) is 3.15. The van der Waals surface area contributed by atoms with Gasteiger partial charge in [0.15, 0.2) is 0 Å². The van der Waals surface area contributed by atoms with Gasteiger partial charge >= 0.3 is 0 Å². The molecule has 1 rings (SSSR count). The molecule has 0 unspecified atom stereocenters. The van der Waals surface area contributed by atoms with E-state index in [0.717, 1.165) is 5.56 Å². The van der Waals surface area contributed by atoms with Crippen LogP contribution in [-0.4, -0.2) is 33.3 Å². The fourth-order valence-corrected chi connectivity index (χ4v) is 1.64. The van der Waals surface area contributed by atoms with E-state index in [1.54, 1.807) is 26.4 Å². The summed E-state index contributed by atoms with van der Waals surface area (Å²) in [5.74, 6) is 0.554. The summed E-state index contributed by atoms with van der Waals surface area (Å²) >= 11 is 5.96. The molecular formula is C12H16ClNO3. The summed E-state index contributed by atoms with van der Waals surface area (Å²) in [4.78, 5) is 11.5. The number of nitrogens with one attached hydrogen (secondary N) is 1. The summed E-state index contributed by atoms with van der Waals surface area (Å²) in [5.41, 5.74) is 0.853.